The van der Waals surface area contributed by atoms with Crippen LogP contribution in [-0.2, 0) is 0 Å². The molecule has 294 valence electrons. The summed E-state index contributed by atoms with van der Waals surface area (Å²) < 4.78 is 152. The molecule has 0 fully saturated rings. The molecular formula is C60H39N3. The smallest absolute Gasteiger partial charge is 0.0645 e. The second-order valence-corrected chi connectivity index (χ2v) is 15.2. The molecule has 0 aliphatic heterocycles. The highest BCUT2D eigenvalue weighted by molar-refractivity contribution is 6.26. The van der Waals surface area contributed by atoms with E-state index >= 15 is 0 Å². The molecule has 0 N–H and O–H groups in total. The Kier molecular flexibility index (Phi) is 5.14. The van der Waals surface area contributed by atoms with Gasteiger partial charge in [0.05, 0.1) is 66.4 Å². The Balaban J connectivity index is 1.17. The summed E-state index contributed by atoms with van der Waals surface area (Å²) in [7, 11) is 0. The Hall–Kier alpha value is -8.40. The lowest BCUT2D eigenvalue weighted by Gasteiger charge is -2.16. The van der Waals surface area contributed by atoms with Crippen molar-refractivity contribution in [3.05, 3.63) is 236 Å². The fourth-order valence-electron chi connectivity index (χ4n) is 9.38. The van der Waals surface area contributed by atoms with Crippen molar-refractivity contribution in [3.8, 4) is 50.4 Å². The van der Waals surface area contributed by atoms with E-state index < -0.39 is 119 Å². The molecule has 10 aromatic carbocycles. The largest absolute Gasteiger partial charge is 0.309 e. The van der Waals surface area contributed by atoms with Crippen LogP contribution in [-0.4, -0.2) is 13.7 Å². The van der Waals surface area contributed by atoms with E-state index in [1.807, 2.05) is 77.4 Å². The summed E-state index contributed by atoms with van der Waals surface area (Å²) in [5.74, 6) is 0. The Morgan fingerprint density at radius 1 is 0.286 bits per heavy atom. The highest BCUT2D eigenvalue weighted by atomic mass is 15.0. The lowest BCUT2D eigenvalue weighted by Crippen LogP contribution is -1.98. The Morgan fingerprint density at radius 2 is 0.921 bits per heavy atom. The van der Waals surface area contributed by atoms with E-state index in [2.05, 4.69) is 59.2 Å². The second kappa shape index (κ2) is 14.1. The SMILES string of the molecule is [2H]c1c([2H])c([2H])c(-c2c([2H])c([2H])c([2H])c([2H])c2-n2c3c([2H])c([2H])c([2H])c([2H])c3c3c(-c4ccccc4-n4c5ccccc5c5c4ccc4c6ccccc6n(-c6ccc(-c7ccccc7)cc6)c45)c([2H])c([2H])c([2H])c32)c([2H])c1[2H]. The highest BCUT2D eigenvalue weighted by Crippen LogP contribution is 2.46. The molecule has 3 heterocycles. The summed E-state index contributed by atoms with van der Waals surface area (Å²) in [6.07, 6.45) is 0. The number of rotatable bonds is 6. The first-order chi connectivity index (χ1) is 38.0. The molecule has 63 heavy (non-hydrogen) atoms. The summed E-state index contributed by atoms with van der Waals surface area (Å²) in [5.41, 5.74) is 4.64. The maximum absolute atomic E-state index is 9.86. The van der Waals surface area contributed by atoms with Crippen LogP contribution in [0.3, 0.4) is 0 Å². The molecule has 0 atom stereocenters. The van der Waals surface area contributed by atoms with Gasteiger partial charge < -0.3 is 13.7 Å². The van der Waals surface area contributed by atoms with Crippen molar-refractivity contribution in [2.24, 2.45) is 0 Å². The first-order valence-corrected chi connectivity index (χ1v) is 20.4. The van der Waals surface area contributed by atoms with Gasteiger partial charge in [0.15, 0.2) is 0 Å². The maximum Gasteiger partial charge on any atom is 0.0645 e. The third-order valence-electron chi connectivity index (χ3n) is 12.0. The Bertz CT molecular complexity index is 4820. The van der Waals surface area contributed by atoms with Gasteiger partial charge in [0, 0.05) is 49.1 Å². The predicted octanol–water partition coefficient (Wildman–Crippen LogP) is 16.0. The van der Waals surface area contributed by atoms with Crippen molar-refractivity contribution in [2.45, 2.75) is 0 Å². The first kappa shape index (κ1) is 23.0. The number of nitrogens with zero attached hydrogens (tertiary/aromatic N) is 3. The molecule has 0 saturated carbocycles. The fourth-order valence-corrected chi connectivity index (χ4v) is 9.38. The third-order valence-corrected chi connectivity index (χ3v) is 12.0. The van der Waals surface area contributed by atoms with Crippen LogP contribution in [0.4, 0.5) is 0 Å². The standard InChI is InChI=1S/C60H39N3/c1-3-18-40(19-4-1)41-34-36-43(37-35-41)61-52-29-13-9-24-46(52)48-38-39-57-59(60(48)61)50-26-11-16-32-55(50)63(57)53-30-14-8-23-45(53)47-27-17-33-56-58(47)49-25-10-15-31-54(49)62(56)51-28-12-7-22-44(51)42-20-5-2-6-21-42/h1-39H/i2D,5D,6D,7D,10D,12D,15D,17D,20D,21D,22D,25D,27D,28D,31D,33D. The number of hydrogen-bond acceptors (Lipinski definition) is 0. The van der Waals surface area contributed by atoms with E-state index in [-0.39, 0.29) is 21.9 Å². The molecule has 0 spiro atoms. The van der Waals surface area contributed by atoms with Crippen LogP contribution in [0.5, 0.6) is 0 Å². The summed E-state index contributed by atoms with van der Waals surface area (Å²) in [4.78, 5) is 0. The average molecular weight is 818 g/mol. The van der Waals surface area contributed by atoms with Crippen LogP contribution in [0.15, 0.2) is 236 Å². The van der Waals surface area contributed by atoms with E-state index in [1.165, 1.54) is 0 Å². The van der Waals surface area contributed by atoms with Gasteiger partial charge in [-0.1, -0.05) is 182 Å². The summed E-state index contributed by atoms with van der Waals surface area (Å²) in [5, 5.41) is 3.43. The molecule has 3 heteroatoms. The van der Waals surface area contributed by atoms with Gasteiger partial charge in [-0.15, -0.1) is 0 Å². The molecule has 13 rings (SSSR count). The first-order valence-electron chi connectivity index (χ1n) is 28.4. The zero-order valence-electron chi connectivity index (χ0n) is 49.1. The van der Waals surface area contributed by atoms with E-state index in [0.717, 1.165) is 65.0 Å². The van der Waals surface area contributed by atoms with Crippen molar-refractivity contribution in [1.29, 1.82) is 0 Å². The Labute approximate surface area is 387 Å². The molecule has 0 aliphatic carbocycles. The number of para-hydroxylation sites is 5. The van der Waals surface area contributed by atoms with Crippen molar-refractivity contribution in [2.75, 3.05) is 0 Å². The summed E-state index contributed by atoms with van der Waals surface area (Å²) in [6.45, 7) is 0. The maximum atomic E-state index is 9.86. The minimum absolute atomic E-state index is 0.0368. The van der Waals surface area contributed by atoms with E-state index in [9.17, 15) is 9.60 Å². The molecule has 0 radical (unpaired) electrons. The number of hydrogen-bond donors (Lipinski definition) is 0. The van der Waals surface area contributed by atoms with Crippen LogP contribution in [0.1, 0.15) is 21.9 Å². The van der Waals surface area contributed by atoms with Crippen molar-refractivity contribution in [3.63, 3.8) is 0 Å². The minimum Gasteiger partial charge on any atom is -0.309 e. The van der Waals surface area contributed by atoms with Gasteiger partial charge in [-0.05, 0) is 76.8 Å². The predicted molar refractivity (Wildman–Crippen MR) is 266 cm³/mol. The fraction of sp³-hybridized carbons (Fsp3) is 0. The van der Waals surface area contributed by atoms with Crippen molar-refractivity contribution >= 4 is 65.4 Å². The molecule has 0 amide bonds. The van der Waals surface area contributed by atoms with Crippen LogP contribution in [0.25, 0.3) is 116 Å². The Morgan fingerprint density at radius 3 is 1.78 bits per heavy atom. The van der Waals surface area contributed by atoms with E-state index in [4.69, 9.17) is 12.3 Å². The molecule has 0 bridgehead atoms. The highest BCUT2D eigenvalue weighted by Gasteiger charge is 2.24. The van der Waals surface area contributed by atoms with Crippen LogP contribution < -0.4 is 0 Å². The quantitative estimate of drug-likeness (QED) is 0.159. The molecular weight excluding hydrogens is 763 g/mol. The monoisotopic (exact) mass is 817 g/mol. The lowest BCUT2D eigenvalue weighted by atomic mass is 9.97. The van der Waals surface area contributed by atoms with E-state index in [0.29, 0.717) is 11.3 Å². The summed E-state index contributed by atoms with van der Waals surface area (Å²) in [6, 6.07) is 33.9. The van der Waals surface area contributed by atoms with Gasteiger partial charge in [0.1, 0.15) is 0 Å². The molecule has 0 aliphatic rings. The van der Waals surface area contributed by atoms with Gasteiger partial charge in [-0.2, -0.15) is 0 Å². The van der Waals surface area contributed by atoms with Crippen LogP contribution >= 0.6 is 0 Å². The van der Waals surface area contributed by atoms with Gasteiger partial charge in [0.25, 0.3) is 0 Å². The number of benzene rings is 10. The summed E-state index contributed by atoms with van der Waals surface area (Å²) >= 11 is 0. The van der Waals surface area contributed by atoms with Crippen molar-refractivity contribution in [1.82, 2.24) is 13.7 Å². The van der Waals surface area contributed by atoms with Crippen LogP contribution in [0.2, 0.25) is 0 Å². The molecule has 13 aromatic rings. The number of fused-ring (bicyclic) bond motifs is 10. The topological polar surface area (TPSA) is 14.8 Å². The van der Waals surface area contributed by atoms with Crippen molar-refractivity contribution < 1.29 is 21.9 Å². The van der Waals surface area contributed by atoms with Gasteiger partial charge >= 0.3 is 0 Å². The average Bonchev–Trinajstić information content (AvgIpc) is 3.50. The van der Waals surface area contributed by atoms with Gasteiger partial charge in [-0.3, -0.25) is 0 Å². The zero-order chi connectivity index (χ0) is 55.4. The van der Waals surface area contributed by atoms with Crippen LogP contribution in [0, 0.1) is 0 Å². The number of aromatic nitrogens is 3. The lowest BCUT2D eigenvalue weighted by molar-refractivity contribution is 1.17. The third kappa shape index (κ3) is 5.33. The minimum atomic E-state index is -0.839. The second-order valence-electron chi connectivity index (χ2n) is 15.2. The van der Waals surface area contributed by atoms with Gasteiger partial charge in [-0.25, -0.2) is 0 Å². The molecule has 0 unspecified atom stereocenters. The zero-order valence-corrected chi connectivity index (χ0v) is 33.1. The molecule has 0 saturated heterocycles. The molecule has 3 aromatic heterocycles. The van der Waals surface area contributed by atoms with E-state index in [1.54, 1.807) is 12.1 Å². The normalized spacial score (nSPS) is 15.4. The molecule has 3 nitrogen and oxygen atoms in total. The van der Waals surface area contributed by atoms with Gasteiger partial charge in [0.2, 0.25) is 0 Å².